The summed E-state index contributed by atoms with van der Waals surface area (Å²) in [5, 5.41) is 6.53. The van der Waals surface area contributed by atoms with Crippen LogP contribution in [-0.2, 0) is 4.79 Å². The van der Waals surface area contributed by atoms with Gasteiger partial charge in [-0.05, 0) is 31.9 Å². The van der Waals surface area contributed by atoms with E-state index >= 15 is 0 Å². The Morgan fingerprint density at radius 3 is 2.67 bits per heavy atom. The van der Waals surface area contributed by atoms with E-state index < -0.39 is 0 Å². The minimum Gasteiger partial charge on any atom is -0.323 e. The molecule has 0 spiro atoms. The molecule has 18 heavy (non-hydrogen) atoms. The third-order valence-electron chi connectivity index (χ3n) is 2.71. The number of amides is 1. The van der Waals surface area contributed by atoms with Gasteiger partial charge in [-0.25, -0.2) is 0 Å². The highest BCUT2D eigenvalue weighted by molar-refractivity contribution is 6.33. The van der Waals surface area contributed by atoms with Crippen molar-refractivity contribution in [2.24, 2.45) is 0 Å². The Morgan fingerprint density at radius 2 is 2.11 bits per heavy atom. The van der Waals surface area contributed by atoms with Gasteiger partial charge in [0.1, 0.15) is 0 Å². The van der Waals surface area contributed by atoms with Gasteiger partial charge in [0.15, 0.2) is 0 Å². The van der Waals surface area contributed by atoms with E-state index in [0.717, 1.165) is 12.0 Å². The fourth-order valence-electron chi connectivity index (χ4n) is 1.39. The van der Waals surface area contributed by atoms with Gasteiger partial charge in [0.2, 0.25) is 5.91 Å². The van der Waals surface area contributed by atoms with E-state index in [2.05, 4.69) is 17.6 Å². The first-order valence-corrected chi connectivity index (χ1v) is 6.20. The highest BCUT2D eigenvalue weighted by Crippen LogP contribution is 2.24. The molecular formula is C13H20Cl2N2O. The fourth-order valence-corrected chi connectivity index (χ4v) is 1.65. The van der Waals surface area contributed by atoms with Crippen LogP contribution < -0.4 is 10.6 Å². The average molecular weight is 291 g/mol. The van der Waals surface area contributed by atoms with Gasteiger partial charge in [-0.15, -0.1) is 12.4 Å². The van der Waals surface area contributed by atoms with Gasteiger partial charge >= 0.3 is 0 Å². The molecule has 0 heterocycles. The van der Waals surface area contributed by atoms with Crippen LogP contribution in [0.15, 0.2) is 18.2 Å². The van der Waals surface area contributed by atoms with E-state index in [4.69, 9.17) is 11.6 Å². The topological polar surface area (TPSA) is 41.1 Å². The zero-order valence-corrected chi connectivity index (χ0v) is 12.5. The maximum atomic E-state index is 11.7. The second-order valence-corrected chi connectivity index (χ2v) is 4.58. The molecule has 1 aromatic carbocycles. The fraction of sp³-hybridized carbons (Fsp3) is 0.462. The molecule has 1 unspecified atom stereocenters. The monoisotopic (exact) mass is 290 g/mol. The van der Waals surface area contributed by atoms with Gasteiger partial charge in [0.05, 0.1) is 17.3 Å². The van der Waals surface area contributed by atoms with Gasteiger partial charge in [-0.2, -0.15) is 0 Å². The zero-order valence-electron chi connectivity index (χ0n) is 10.9. The molecule has 0 aromatic heterocycles. The van der Waals surface area contributed by atoms with E-state index in [9.17, 15) is 4.79 Å². The largest absolute Gasteiger partial charge is 0.323 e. The van der Waals surface area contributed by atoms with Crippen LogP contribution in [-0.4, -0.2) is 18.5 Å². The Kier molecular flexibility index (Phi) is 8.00. The van der Waals surface area contributed by atoms with Crippen LogP contribution in [0.25, 0.3) is 0 Å². The van der Waals surface area contributed by atoms with Gasteiger partial charge < -0.3 is 10.6 Å². The molecule has 1 rings (SSSR count). The van der Waals surface area contributed by atoms with Crippen molar-refractivity contribution in [2.75, 3.05) is 11.9 Å². The molecule has 0 radical (unpaired) electrons. The van der Waals surface area contributed by atoms with Crippen molar-refractivity contribution in [3.63, 3.8) is 0 Å². The first kappa shape index (κ1) is 17.2. The number of aryl methyl sites for hydroxylation is 1. The van der Waals surface area contributed by atoms with Crippen LogP contribution in [0.5, 0.6) is 0 Å². The van der Waals surface area contributed by atoms with Crippen LogP contribution >= 0.6 is 24.0 Å². The molecule has 5 heteroatoms. The quantitative estimate of drug-likeness (QED) is 0.873. The summed E-state index contributed by atoms with van der Waals surface area (Å²) >= 11 is 6.03. The van der Waals surface area contributed by atoms with Crippen molar-refractivity contribution in [3.05, 3.63) is 28.8 Å². The summed E-state index contributed by atoms with van der Waals surface area (Å²) in [6, 6.07) is 5.90. The Hall–Kier alpha value is -0.770. The Labute approximate surface area is 120 Å². The summed E-state index contributed by atoms with van der Waals surface area (Å²) in [6.07, 6.45) is 0.998. The van der Waals surface area contributed by atoms with E-state index in [1.54, 1.807) is 6.07 Å². The van der Waals surface area contributed by atoms with Gasteiger partial charge in [-0.1, -0.05) is 30.7 Å². The molecule has 0 fully saturated rings. The number of carbonyl (C=O) groups is 1. The SMILES string of the molecule is CCC(C)NCC(=O)Nc1c(C)cccc1Cl.Cl. The molecule has 0 saturated heterocycles. The molecule has 1 amide bonds. The van der Waals surface area contributed by atoms with Crippen molar-refractivity contribution in [3.8, 4) is 0 Å². The molecule has 3 nitrogen and oxygen atoms in total. The first-order chi connectivity index (χ1) is 8.04. The lowest BCUT2D eigenvalue weighted by Gasteiger charge is -2.13. The van der Waals surface area contributed by atoms with Crippen LogP contribution in [0.3, 0.4) is 0 Å². The van der Waals surface area contributed by atoms with Crippen LogP contribution in [0.1, 0.15) is 25.8 Å². The number of anilines is 1. The van der Waals surface area contributed by atoms with Crippen LogP contribution in [0.2, 0.25) is 5.02 Å². The van der Waals surface area contributed by atoms with Crippen molar-refractivity contribution < 1.29 is 4.79 Å². The molecule has 0 saturated carbocycles. The maximum Gasteiger partial charge on any atom is 0.238 e. The molecule has 102 valence electrons. The van der Waals surface area contributed by atoms with E-state index in [1.165, 1.54) is 0 Å². The minimum absolute atomic E-state index is 0. The summed E-state index contributed by atoms with van der Waals surface area (Å²) in [7, 11) is 0. The molecule has 0 aliphatic rings. The third-order valence-corrected chi connectivity index (χ3v) is 3.02. The molecule has 2 N–H and O–H groups in total. The summed E-state index contributed by atoms with van der Waals surface area (Å²) < 4.78 is 0. The van der Waals surface area contributed by atoms with E-state index in [-0.39, 0.29) is 18.3 Å². The molecular weight excluding hydrogens is 271 g/mol. The normalized spacial score (nSPS) is 11.6. The van der Waals surface area contributed by atoms with Crippen LogP contribution in [0.4, 0.5) is 5.69 Å². The van der Waals surface area contributed by atoms with Crippen molar-refractivity contribution in [2.45, 2.75) is 33.2 Å². The number of hydrogen-bond acceptors (Lipinski definition) is 2. The summed E-state index contributed by atoms with van der Waals surface area (Å²) in [5.74, 6) is -0.0681. The first-order valence-electron chi connectivity index (χ1n) is 5.83. The average Bonchev–Trinajstić information content (AvgIpc) is 2.31. The van der Waals surface area contributed by atoms with Crippen molar-refractivity contribution >= 4 is 35.6 Å². The van der Waals surface area contributed by atoms with Crippen LogP contribution in [0, 0.1) is 6.92 Å². The number of halogens is 2. The lowest BCUT2D eigenvalue weighted by Crippen LogP contribution is -2.34. The zero-order chi connectivity index (χ0) is 12.8. The molecule has 0 bridgehead atoms. The Balaban J connectivity index is 0.00000289. The lowest BCUT2D eigenvalue weighted by molar-refractivity contribution is -0.115. The minimum atomic E-state index is -0.0681. The highest BCUT2D eigenvalue weighted by Gasteiger charge is 2.08. The number of nitrogens with one attached hydrogen (secondary N) is 2. The standard InChI is InChI=1S/C13H19ClN2O.ClH/c1-4-10(3)15-8-12(17)16-13-9(2)6-5-7-11(13)14;/h5-7,10,15H,4,8H2,1-3H3,(H,16,17);1H. The molecule has 0 aliphatic heterocycles. The summed E-state index contributed by atoms with van der Waals surface area (Å²) in [6.45, 7) is 6.35. The van der Waals surface area contributed by atoms with Crippen molar-refractivity contribution in [1.29, 1.82) is 0 Å². The number of para-hydroxylation sites is 1. The number of benzene rings is 1. The van der Waals surface area contributed by atoms with E-state index in [0.29, 0.717) is 23.3 Å². The Morgan fingerprint density at radius 1 is 1.44 bits per heavy atom. The number of rotatable bonds is 5. The molecule has 1 atom stereocenters. The second-order valence-electron chi connectivity index (χ2n) is 4.17. The smallest absolute Gasteiger partial charge is 0.238 e. The predicted molar refractivity (Wildman–Crippen MR) is 79.8 cm³/mol. The summed E-state index contributed by atoms with van der Waals surface area (Å²) in [5.41, 5.74) is 1.67. The molecule has 1 aromatic rings. The van der Waals surface area contributed by atoms with E-state index in [1.807, 2.05) is 26.0 Å². The van der Waals surface area contributed by atoms with Gasteiger partial charge in [0.25, 0.3) is 0 Å². The second kappa shape index (κ2) is 8.35. The molecule has 0 aliphatic carbocycles. The van der Waals surface area contributed by atoms with Gasteiger partial charge in [0, 0.05) is 6.04 Å². The third kappa shape index (κ3) is 5.25. The predicted octanol–water partition coefficient (Wildman–Crippen LogP) is 3.40. The number of carbonyl (C=O) groups excluding carboxylic acids is 1. The highest BCUT2D eigenvalue weighted by atomic mass is 35.5. The Bertz CT molecular complexity index is 376. The summed E-state index contributed by atoms with van der Waals surface area (Å²) in [4.78, 5) is 11.7. The number of hydrogen-bond donors (Lipinski definition) is 2. The lowest BCUT2D eigenvalue weighted by atomic mass is 10.2. The maximum absolute atomic E-state index is 11.7. The van der Waals surface area contributed by atoms with Crippen molar-refractivity contribution in [1.82, 2.24) is 5.32 Å². The van der Waals surface area contributed by atoms with Gasteiger partial charge in [-0.3, -0.25) is 4.79 Å².